The van der Waals surface area contributed by atoms with Crippen LogP contribution < -0.4 is 10.6 Å². The molecule has 2 unspecified atom stereocenters. The van der Waals surface area contributed by atoms with E-state index in [2.05, 4.69) is 17.2 Å². The molecule has 2 aromatic carbocycles. The van der Waals surface area contributed by atoms with Crippen molar-refractivity contribution >= 4 is 17.7 Å². The van der Waals surface area contributed by atoms with Crippen LogP contribution in [0.3, 0.4) is 0 Å². The average molecular weight is 510 g/mol. The van der Waals surface area contributed by atoms with Crippen molar-refractivity contribution in [3.05, 3.63) is 77.9 Å². The summed E-state index contributed by atoms with van der Waals surface area (Å²) in [5.74, 6) is -1.57. The molecule has 0 saturated heterocycles. The summed E-state index contributed by atoms with van der Waals surface area (Å²) in [7, 11) is 0. The number of aliphatic hydroxyl groups is 1. The first-order chi connectivity index (χ1) is 17.4. The van der Waals surface area contributed by atoms with Gasteiger partial charge in [-0.2, -0.15) is 0 Å². The Balaban J connectivity index is 2.41. The predicted molar refractivity (Wildman–Crippen MR) is 144 cm³/mol. The van der Waals surface area contributed by atoms with Crippen molar-refractivity contribution in [1.82, 2.24) is 15.5 Å². The minimum absolute atomic E-state index is 0.0282. The molecule has 8 heteroatoms. The number of likely N-dealkylation sites (N-methyl/N-ethyl adjacent to an activating group) is 1. The number of aromatic hydroxyl groups is 1. The Morgan fingerprint density at radius 2 is 1.73 bits per heavy atom. The van der Waals surface area contributed by atoms with Crippen molar-refractivity contribution in [2.75, 3.05) is 13.1 Å². The lowest BCUT2D eigenvalue weighted by atomic mass is 9.84. The summed E-state index contributed by atoms with van der Waals surface area (Å²) in [6, 6.07) is 12.0. The highest BCUT2D eigenvalue weighted by Gasteiger charge is 2.41. The zero-order valence-electron chi connectivity index (χ0n) is 22.3. The summed E-state index contributed by atoms with van der Waals surface area (Å²) >= 11 is 0. The van der Waals surface area contributed by atoms with Crippen LogP contribution in [-0.4, -0.2) is 64.1 Å². The molecule has 0 spiro atoms. The van der Waals surface area contributed by atoms with Gasteiger partial charge in [-0.15, -0.1) is 6.58 Å². The second-order valence-corrected chi connectivity index (χ2v) is 10.1. The Bertz CT molecular complexity index is 1090. The number of carbonyl (C=O) groups is 3. The molecule has 4 N–H and O–H groups in total. The molecular formula is C29H39N3O5. The summed E-state index contributed by atoms with van der Waals surface area (Å²) in [5.41, 5.74) is 0.807. The highest BCUT2D eigenvalue weighted by atomic mass is 16.3. The minimum Gasteiger partial charge on any atom is -0.508 e. The van der Waals surface area contributed by atoms with E-state index in [4.69, 9.17) is 0 Å². The van der Waals surface area contributed by atoms with Gasteiger partial charge in [-0.3, -0.25) is 14.4 Å². The predicted octanol–water partition coefficient (Wildman–Crippen LogP) is 2.97. The Labute approximate surface area is 219 Å². The van der Waals surface area contributed by atoms with Gasteiger partial charge in [0, 0.05) is 24.2 Å². The molecule has 200 valence electrons. The fourth-order valence-electron chi connectivity index (χ4n) is 4.30. The summed E-state index contributed by atoms with van der Waals surface area (Å²) < 4.78 is 0. The topological polar surface area (TPSA) is 119 Å². The number of nitrogens with zero attached hydrogens (tertiary/aromatic N) is 1. The first-order valence-corrected chi connectivity index (χ1v) is 12.4. The number of phenolic OH excluding ortho intramolecular Hbond substituents is 1. The van der Waals surface area contributed by atoms with Gasteiger partial charge in [0.2, 0.25) is 5.91 Å². The average Bonchev–Trinajstić information content (AvgIpc) is 2.85. The molecule has 8 nitrogen and oxygen atoms in total. The first-order valence-electron chi connectivity index (χ1n) is 12.4. The molecule has 2 rings (SSSR count). The number of carbonyl (C=O) groups excluding carboxylic acids is 3. The SMILES string of the molecule is C=CCNC(=O)[C@@H](N(CC)C(=O)C(O)C(Cc1ccccc1)NC(=O)c1cccc(O)c1C)C(C)(C)C. The van der Waals surface area contributed by atoms with Gasteiger partial charge < -0.3 is 25.7 Å². The Kier molecular flexibility index (Phi) is 10.4. The van der Waals surface area contributed by atoms with Gasteiger partial charge in [-0.05, 0) is 43.4 Å². The molecule has 0 heterocycles. The van der Waals surface area contributed by atoms with Crippen molar-refractivity contribution in [3.63, 3.8) is 0 Å². The smallest absolute Gasteiger partial charge is 0.254 e. The fraction of sp³-hybridized carbons (Fsp3) is 0.414. The summed E-state index contributed by atoms with van der Waals surface area (Å²) in [4.78, 5) is 41.3. The van der Waals surface area contributed by atoms with Crippen LogP contribution in [0, 0.1) is 12.3 Å². The van der Waals surface area contributed by atoms with Gasteiger partial charge in [0.15, 0.2) is 6.10 Å². The van der Waals surface area contributed by atoms with E-state index in [0.717, 1.165) is 5.56 Å². The third-order valence-corrected chi connectivity index (χ3v) is 6.22. The number of rotatable bonds is 11. The lowest BCUT2D eigenvalue weighted by Crippen LogP contribution is -2.60. The lowest BCUT2D eigenvalue weighted by Gasteiger charge is -2.40. The molecule has 3 amide bonds. The Hall–Kier alpha value is -3.65. The number of hydrogen-bond donors (Lipinski definition) is 4. The van der Waals surface area contributed by atoms with Crippen molar-refractivity contribution in [2.24, 2.45) is 5.41 Å². The van der Waals surface area contributed by atoms with Crippen LogP contribution in [0.15, 0.2) is 61.2 Å². The van der Waals surface area contributed by atoms with Crippen LogP contribution in [0.5, 0.6) is 5.75 Å². The maximum atomic E-state index is 13.7. The first kappa shape index (κ1) is 29.6. The maximum absolute atomic E-state index is 13.7. The van der Waals surface area contributed by atoms with Gasteiger partial charge >= 0.3 is 0 Å². The number of phenols is 1. The summed E-state index contributed by atoms with van der Waals surface area (Å²) in [6.45, 7) is 12.9. The van der Waals surface area contributed by atoms with Crippen molar-refractivity contribution in [1.29, 1.82) is 0 Å². The highest BCUT2D eigenvalue weighted by Crippen LogP contribution is 2.26. The van der Waals surface area contributed by atoms with Gasteiger partial charge in [0.1, 0.15) is 11.8 Å². The van der Waals surface area contributed by atoms with Gasteiger partial charge in [0.25, 0.3) is 11.8 Å². The van der Waals surface area contributed by atoms with E-state index in [1.165, 1.54) is 11.0 Å². The van der Waals surface area contributed by atoms with E-state index in [9.17, 15) is 24.6 Å². The van der Waals surface area contributed by atoms with E-state index in [0.29, 0.717) is 5.56 Å². The molecule has 0 radical (unpaired) electrons. The quantitative estimate of drug-likeness (QED) is 0.347. The molecule has 0 aliphatic carbocycles. The molecule has 0 aliphatic heterocycles. The number of nitrogens with one attached hydrogen (secondary N) is 2. The number of aliphatic hydroxyl groups excluding tert-OH is 1. The van der Waals surface area contributed by atoms with Gasteiger partial charge in [-0.25, -0.2) is 0 Å². The van der Waals surface area contributed by atoms with Crippen LogP contribution >= 0.6 is 0 Å². The van der Waals surface area contributed by atoms with E-state index in [1.807, 2.05) is 51.1 Å². The minimum atomic E-state index is -1.63. The van der Waals surface area contributed by atoms with Crippen molar-refractivity contribution < 1.29 is 24.6 Å². The molecule has 0 saturated carbocycles. The molecule has 37 heavy (non-hydrogen) atoms. The molecule has 2 aromatic rings. The van der Waals surface area contributed by atoms with E-state index < -0.39 is 35.4 Å². The largest absolute Gasteiger partial charge is 0.508 e. The molecule has 0 bridgehead atoms. The second kappa shape index (κ2) is 13.1. The molecule has 0 fully saturated rings. The van der Waals surface area contributed by atoms with Crippen LogP contribution in [-0.2, 0) is 16.0 Å². The highest BCUT2D eigenvalue weighted by molar-refractivity contribution is 5.97. The third-order valence-electron chi connectivity index (χ3n) is 6.22. The zero-order chi connectivity index (χ0) is 27.8. The monoisotopic (exact) mass is 509 g/mol. The molecular weight excluding hydrogens is 470 g/mol. The zero-order valence-corrected chi connectivity index (χ0v) is 22.3. The number of amides is 3. The maximum Gasteiger partial charge on any atom is 0.254 e. The molecule has 3 atom stereocenters. The van der Waals surface area contributed by atoms with E-state index >= 15 is 0 Å². The third kappa shape index (κ3) is 7.67. The Morgan fingerprint density at radius 1 is 1.08 bits per heavy atom. The van der Waals surface area contributed by atoms with Crippen LogP contribution in [0.25, 0.3) is 0 Å². The standard InChI is InChI=1S/C29H39N3O5/c1-7-17-30-27(36)25(29(4,5)6)32(8-2)28(37)24(34)22(18-20-13-10-9-11-14-20)31-26(35)21-15-12-16-23(33)19(21)3/h7,9-16,22,24-25,33-34H,1,8,17-18H2,2-6H3,(H,30,36)(H,31,35)/t22?,24?,25-/m1/s1. The summed E-state index contributed by atoms with van der Waals surface area (Å²) in [6.07, 6.45) is 0.107. The Morgan fingerprint density at radius 3 is 2.30 bits per heavy atom. The van der Waals surface area contributed by atoms with E-state index in [1.54, 1.807) is 32.1 Å². The second-order valence-electron chi connectivity index (χ2n) is 10.1. The summed E-state index contributed by atoms with van der Waals surface area (Å²) in [5, 5.41) is 26.9. The molecule has 0 aliphatic rings. The van der Waals surface area contributed by atoms with Crippen LogP contribution in [0.4, 0.5) is 0 Å². The fourth-order valence-corrected chi connectivity index (χ4v) is 4.30. The van der Waals surface area contributed by atoms with Crippen LogP contribution in [0.2, 0.25) is 0 Å². The number of benzene rings is 2. The number of hydrogen-bond acceptors (Lipinski definition) is 5. The van der Waals surface area contributed by atoms with Crippen molar-refractivity contribution in [3.8, 4) is 5.75 Å². The van der Waals surface area contributed by atoms with Crippen LogP contribution in [0.1, 0.15) is 49.2 Å². The van der Waals surface area contributed by atoms with E-state index in [-0.39, 0.29) is 36.7 Å². The normalized spacial score (nSPS) is 13.7. The van der Waals surface area contributed by atoms with Gasteiger partial charge in [0.05, 0.1) is 6.04 Å². The molecule has 0 aromatic heterocycles. The lowest BCUT2D eigenvalue weighted by molar-refractivity contribution is -0.151. The van der Waals surface area contributed by atoms with Gasteiger partial charge in [-0.1, -0.05) is 63.2 Å². The van der Waals surface area contributed by atoms with Crippen molar-refractivity contribution in [2.45, 2.75) is 59.2 Å².